The number of rotatable bonds is 21. The summed E-state index contributed by atoms with van der Waals surface area (Å²) in [5.74, 6) is 0. The van der Waals surface area contributed by atoms with Gasteiger partial charge in [0.2, 0.25) is 0 Å². The van der Waals surface area contributed by atoms with E-state index in [0.717, 1.165) is 0 Å². The van der Waals surface area contributed by atoms with Crippen molar-refractivity contribution in [3.8, 4) is 29.3 Å². The first kappa shape index (κ1) is 38.2. The topological polar surface area (TPSA) is 0 Å². The van der Waals surface area contributed by atoms with E-state index in [1.807, 2.05) is 34.0 Å². The van der Waals surface area contributed by atoms with E-state index < -0.39 is 8.07 Å². The van der Waals surface area contributed by atoms with Crippen LogP contribution in [0.15, 0.2) is 72.8 Å². The fraction of sp³-hybridized carbons (Fsp3) is 0.442. The van der Waals surface area contributed by atoms with Gasteiger partial charge in [-0.15, -0.1) is 68.0 Å². The van der Waals surface area contributed by atoms with Crippen LogP contribution in [0.1, 0.15) is 112 Å². The van der Waals surface area contributed by atoms with Gasteiger partial charge in [0.25, 0.3) is 0 Å². The summed E-state index contributed by atoms with van der Waals surface area (Å²) in [6.07, 6.45) is 19.6. The molecule has 6 aromatic heterocycles. The third kappa shape index (κ3) is 9.50. The molecule has 266 valence electrons. The summed E-state index contributed by atoms with van der Waals surface area (Å²) in [7, 11) is -2.21. The average molecular weight is 791 g/mol. The van der Waals surface area contributed by atoms with Gasteiger partial charge in [-0.25, -0.2) is 0 Å². The molecule has 0 atom stereocenters. The molecule has 0 nitrogen and oxygen atoms in total. The van der Waals surface area contributed by atoms with Crippen molar-refractivity contribution in [3.05, 3.63) is 87.4 Å². The summed E-state index contributed by atoms with van der Waals surface area (Å²) in [5.41, 5.74) is 0. The second-order valence-electron chi connectivity index (χ2n) is 13.8. The summed E-state index contributed by atoms with van der Waals surface area (Å²) in [5, 5.41) is 0. The van der Waals surface area contributed by atoms with Gasteiger partial charge in [0.15, 0.2) is 8.07 Å². The summed E-state index contributed by atoms with van der Waals surface area (Å²) in [6.45, 7) is 9.52. The summed E-state index contributed by atoms with van der Waals surface area (Å²) in [6, 6.07) is 29.1. The summed E-state index contributed by atoms with van der Waals surface area (Å²) >= 11 is 12.2. The number of hydrogen-bond acceptors (Lipinski definition) is 6. The van der Waals surface area contributed by atoms with E-state index in [2.05, 4.69) is 134 Å². The molecule has 6 aromatic rings. The van der Waals surface area contributed by atoms with Crippen LogP contribution in [0.3, 0.4) is 0 Å². The molecule has 0 aromatic carbocycles. The second kappa shape index (κ2) is 19.0. The second-order valence-corrected chi connectivity index (χ2v) is 25.6. The molecule has 6 rings (SSSR count). The van der Waals surface area contributed by atoms with Crippen LogP contribution in [0.25, 0.3) is 29.3 Å². The summed E-state index contributed by atoms with van der Waals surface area (Å²) in [4.78, 5) is 13.3. The molecule has 0 saturated heterocycles. The first-order valence-electron chi connectivity index (χ1n) is 19.1. The number of hydrogen-bond donors (Lipinski definition) is 0. The predicted molar refractivity (Wildman–Crippen MR) is 237 cm³/mol. The van der Waals surface area contributed by atoms with E-state index in [4.69, 9.17) is 0 Å². The van der Waals surface area contributed by atoms with Crippen molar-refractivity contribution in [2.75, 3.05) is 0 Å². The van der Waals surface area contributed by atoms with Gasteiger partial charge in [-0.3, -0.25) is 0 Å². The third-order valence-electron chi connectivity index (χ3n) is 9.84. The monoisotopic (exact) mass is 790 g/mol. The van der Waals surface area contributed by atoms with Crippen molar-refractivity contribution < 1.29 is 0 Å². The molecule has 0 unspecified atom stereocenters. The van der Waals surface area contributed by atoms with Crippen LogP contribution < -0.4 is 13.5 Å². The van der Waals surface area contributed by atoms with E-state index in [9.17, 15) is 0 Å². The third-order valence-corrected chi connectivity index (χ3v) is 24.6. The van der Waals surface area contributed by atoms with Gasteiger partial charge in [-0.1, -0.05) is 103 Å². The molecule has 0 bridgehead atoms. The molecule has 0 spiro atoms. The molecule has 0 aliphatic carbocycles. The van der Waals surface area contributed by atoms with Crippen LogP contribution in [0, 0.1) is 0 Å². The summed E-state index contributed by atoms with van der Waals surface area (Å²) < 4.78 is 4.74. The maximum absolute atomic E-state index is 2.63. The lowest BCUT2D eigenvalue weighted by molar-refractivity contribution is 0.670. The fourth-order valence-electron chi connectivity index (χ4n) is 6.69. The van der Waals surface area contributed by atoms with Crippen molar-refractivity contribution >= 4 is 89.6 Å². The molecular formula is C43H54S6Si. The normalized spacial score (nSPS) is 12.0. The highest BCUT2D eigenvalue weighted by Gasteiger charge is 2.39. The van der Waals surface area contributed by atoms with Gasteiger partial charge in [0, 0.05) is 57.4 Å². The van der Waals surface area contributed by atoms with E-state index >= 15 is 0 Å². The minimum Gasteiger partial charge on any atom is -0.143 e. The first-order valence-corrected chi connectivity index (χ1v) is 26.5. The Hall–Kier alpha value is -1.58. The van der Waals surface area contributed by atoms with Gasteiger partial charge in [0.05, 0.1) is 0 Å². The Morgan fingerprint density at radius 3 is 0.920 bits per heavy atom. The van der Waals surface area contributed by atoms with Gasteiger partial charge in [-0.2, -0.15) is 0 Å². The number of thiophene rings is 6. The smallest absolute Gasteiger partial charge is 0.143 e. The SMILES string of the molecule is CCCCCCc1ccc(-c2ccc([Si](C)(c3ccc(-c4ccc(CCCCCC)s4)s3)c3ccc(-c4ccc(CCCCCC)s4)s3)s2)s1. The molecule has 0 aliphatic rings. The minimum absolute atomic E-state index is 1.22. The minimum atomic E-state index is -2.21. The standard InChI is InChI=1S/C43H54S6Si/c1-5-8-11-14-17-32-20-23-35(44-32)38-26-29-41(47-38)50(4,42-30-27-39(48-42)36-24-21-33(45-36)18-15-12-9-6-2)43-31-28-40(49-43)37-25-22-34(46-37)19-16-13-10-7-3/h20-31H,5-19H2,1-4H3. The zero-order valence-electron chi connectivity index (χ0n) is 30.5. The first-order chi connectivity index (χ1) is 24.5. The lowest BCUT2D eigenvalue weighted by Gasteiger charge is -2.24. The van der Waals surface area contributed by atoms with Crippen molar-refractivity contribution in [2.24, 2.45) is 0 Å². The molecule has 0 aliphatic heterocycles. The van der Waals surface area contributed by atoms with Gasteiger partial charge < -0.3 is 0 Å². The highest BCUT2D eigenvalue weighted by atomic mass is 32.1. The Bertz CT molecular complexity index is 1660. The predicted octanol–water partition coefficient (Wildman–Crippen LogP) is 14.5. The van der Waals surface area contributed by atoms with E-state index in [0.29, 0.717) is 0 Å². The van der Waals surface area contributed by atoms with Crippen LogP contribution in [0.4, 0.5) is 0 Å². The van der Waals surface area contributed by atoms with Crippen molar-refractivity contribution in [1.82, 2.24) is 0 Å². The fourth-order valence-corrected chi connectivity index (χ4v) is 20.4. The number of aryl methyl sites for hydroxylation is 3. The van der Waals surface area contributed by atoms with E-state index in [-0.39, 0.29) is 0 Å². The molecule has 6 heterocycles. The van der Waals surface area contributed by atoms with Crippen molar-refractivity contribution in [3.63, 3.8) is 0 Å². The Labute approximate surface area is 327 Å². The lowest BCUT2D eigenvalue weighted by Crippen LogP contribution is -2.61. The Morgan fingerprint density at radius 1 is 0.340 bits per heavy atom. The van der Waals surface area contributed by atoms with E-state index in [1.54, 1.807) is 28.1 Å². The van der Waals surface area contributed by atoms with Crippen molar-refractivity contribution in [1.29, 1.82) is 0 Å². The zero-order chi connectivity index (χ0) is 34.8. The Morgan fingerprint density at radius 2 is 0.620 bits per heavy atom. The molecule has 50 heavy (non-hydrogen) atoms. The van der Waals surface area contributed by atoms with Crippen LogP contribution in [-0.4, -0.2) is 8.07 Å². The quantitative estimate of drug-likeness (QED) is 0.0503. The highest BCUT2D eigenvalue weighted by molar-refractivity contribution is 7.47. The molecule has 0 N–H and O–H groups in total. The van der Waals surface area contributed by atoms with E-state index in [1.165, 1.54) is 126 Å². The number of unbranched alkanes of at least 4 members (excludes halogenated alkanes) is 9. The van der Waals surface area contributed by atoms with Crippen LogP contribution in [0.5, 0.6) is 0 Å². The molecule has 7 heteroatoms. The molecular weight excluding hydrogens is 737 g/mol. The molecule has 0 fully saturated rings. The van der Waals surface area contributed by atoms with Crippen LogP contribution in [0.2, 0.25) is 6.55 Å². The molecule has 0 amide bonds. The largest absolute Gasteiger partial charge is 0.181 e. The lowest BCUT2D eigenvalue weighted by atomic mass is 10.1. The van der Waals surface area contributed by atoms with Gasteiger partial charge in [0.1, 0.15) is 0 Å². The maximum Gasteiger partial charge on any atom is 0.181 e. The molecule has 0 saturated carbocycles. The van der Waals surface area contributed by atoms with Gasteiger partial charge >= 0.3 is 0 Å². The zero-order valence-corrected chi connectivity index (χ0v) is 36.4. The molecule has 0 radical (unpaired) electrons. The Balaban J connectivity index is 1.28. The van der Waals surface area contributed by atoms with Crippen LogP contribution in [-0.2, 0) is 19.3 Å². The highest BCUT2D eigenvalue weighted by Crippen LogP contribution is 2.37. The van der Waals surface area contributed by atoms with Gasteiger partial charge in [-0.05, 0) is 93.1 Å². The van der Waals surface area contributed by atoms with Crippen LogP contribution >= 0.6 is 68.0 Å². The maximum atomic E-state index is 2.63. The Kier molecular flexibility index (Phi) is 14.5. The average Bonchev–Trinajstić information content (AvgIpc) is 3.98. The van der Waals surface area contributed by atoms with Crippen molar-refractivity contribution in [2.45, 2.75) is 124 Å².